The molecule has 0 bridgehead atoms. The fourth-order valence-corrected chi connectivity index (χ4v) is 7.75. The summed E-state index contributed by atoms with van der Waals surface area (Å²) in [5.74, 6) is -0.282. The van der Waals surface area contributed by atoms with Crippen molar-refractivity contribution in [3.8, 4) is 11.5 Å². The van der Waals surface area contributed by atoms with Crippen molar-refractivity contribution < 1.29 is 42.6 Å². The largest absolute Gasteiger partial charge is 0.488 e. The number of nitro groups is 1. The van der Waals surface area contributed by atoms with Gasteiger partial charge >= 0.3 is 19.6 Å². The highest BCUT2D eigenvalue weighted by molar-refractivity contribution is 7.32. The second-order valence-corrected chi connectivity index (χ2v) is 14.3. The molecule has 4 aromatic rings. The van der Waals surface area contributed by atoms with Crippen molar-refractivity contribution in [3.63, 3.8) is 0 Å². The third-order valence-corrected chi connectivity index (χ3v) is 10.7. The van der Waals surface area contributed by atoms with Gasteiger partial charge in [-0.25, -0.2) is 19.2 Å². The zero-order valence-corrected chi connectivity index (χ0v) is 29.5. The smallest absolute Gasteiger partial charge is 0.351 e. The van der Waals surface area contributed by atoms with E-state index in [1.54, 1.807) is 0 Å². The fraction of sp³-hybridized carbons (Fsp3) is 0.455. The number of fused-ring (bicyclic) bond motifs is 1. The number of rotatable bonds is 13. The molecule has 5 N–H and O–H groups in total. The van der Waals surface area contributed by atoms with Crippen LogP contribution in [0.1, 0.15) is 31.9 Å². The maximum absolute atomic E-state index is 15.0. The Morgan fingerprint density at radius 2 is 1.98 bits per heavy atom. The van der Waals surface area contributed by atoms with Gasteiger partial charge < -0.3 is 44.7 Å². The lowest BCUT2D eigenvalue weighted by atomic mass is 9.90. The Kier molecular flexibility index (Phi) is 10.3. The number of nitrogens with one attached hydrogen (secondary N) is 1. The summed E-state index contributed by atoms with van der Waals surface area (Å²) in [5.41, 5.74) is 5.49. The lowest BCUT2D eigenvalue weighted by Gasteiger charge is -2.30. The van der Waals surface area contributed by atoms with Crippen LogP contribution in [0.15, 0.2) is 53.7 Å². The molecule has 2 saturated heterocycles. The van der Waals surface area contributed by atoms with E-state index in [-0.39, 0.29) is 34.5 Å². The van der Waals surface area contributed by atoms with Crippen molar-refractivity contribution >= 4 is 42.2 Å². The molecule has 3 fully saturated rings. The molecule has 53 heavy (non-hydrogen) atoms. The van der Waals surface area contributed by atoms with Crippen molar-refractivity contribution in [1.29, 1.82) is 0 Å². The third kappa shape index (κ3) is 7.81. The van der Waals surface area contributed by atoms with Gasteiger partial charge in [0.25, 0.3) is 0 Å². The van der Waals surface area contributed by atoms with Crippen LogP contribution in [-0.2, 0) is 13.8 Å². The van der Waals surface area contributed by atoms with Crippen molar-refractivity contribution in [2.24, 2.45) is 11.3 Å². The van der Waals surface area contributed by atoms with Crippen molar-refractivity contribution in [2.45, 2.75) is 50.2 Å². The summed E-state index contributed by atoms with van der Waals surface area (Å²) in [7, 11) is -1.46. The lowest BCUT2D eigenvalue weighted by Crippen LogP contribution is -2.37. The van der Waals surface area contributed by atoms with E-state index in [4.69, 9.17) is 24.5 Å². The van der Waals surface area contributed by atoms with Gasteiger partial charge in [-0.2, -0.15) is 4.98 Å². The number of halogens is 1. The number of likely N-dealkylation sites (tertiary alicyclic amines) is 1. The van der Waals surface area contributed by atoms with Gasteiger partial charge in [-0.1, -0.05) is 0 Å². The molecule has 2 aromatic heterocycles. The molecule has 6 atom stereocenters. The Balaban J connectivity index is 1.05. The summed E-state index contributed by atoms with van der Waals surface area (Å²) in [5, 5.41) is 26.3. The number of ether oxygens (including phenoxy) is 3. The van der Waals surface area contributed by atoms with E-state index in [0.29, 0.717) is 28.8 Å². The zero-order valence-electron chi connectivity index (χ0n) is 28.5. The van der Waals surface area contributed by atoms with E-state index in [1.807, 2.05) is 0 Å². The quantitative estimate of drug-likeness (QED) is 0.0870. The van der Waals surface area contributed by atoms with Crippen LogP contribution in [0.4, 0.5) is 27.4 Å². The average Bonchev–Trinajstić information content (AvgIpc) is 3.71. The maximum Gasteiger partial charge on any atom is 0.351 e. The molecule has 7 rings (SSSR count). The predicted octanol–water partition coefficient (Wildman–Crippen LogP) is 3.16. The molecular weight excluding hydrogens is 718 g/mol. The number of nitrogens with two attached hydrogens (primary N) is 1. The highest BCUT2D eigenvalue weighted by Crippen LogP contribution is 2.60. The number of aromatic nitrogens is 4. The molecule has 4 heterocycles. The number of benzene rings is 2. The van der Waals surface area contributed by atoms with Gasteiger partial charge in [0.05, 0.1) is 22.4 Å². The molecule has 18 nitrogen and oxygen atoms in total. The first-order valence-corrected chi connectivity index (χ1v) is 18.2. The number of nitrogens with zero attached hydrogens (tertiary/aromatic N) is 6. The Morgan fingerprint density at radius 1 is 1.19 bits per heavy atom. The van der Waals surface area contributed by atoms with Crippen LogP contribution in [0.5, 0.6) is 11.5 Å². The number of nitrogen functional groups attached to an aromatic ring is 1. The van der Waals surface area contributed by atoms with Crippen molar-refractivity contribution in [2.75, 3.05) is 44.4 Å². The molecule has 282 valence electrons. The van der Waals surface area contributed by atoms with E-state index in [9.17, 15) is 33.9 Å². The van der Waals surface area contributed by atoms with E-state index >= 15 is 0 Å². The molecule has 0 radical (unpaired) electrons. The first kappa shape index (κ1) is 36.6. The molecule has 0 amide bonds. The van der Waals surface area contributed by atoms with E-state index in [1.165, 1.54) is 42.9 Å². The highest BCUT2D eigenvalue weighted by atomic mass is 31.1. The summed E-state index contributed by atoms with van der Waals surface area (Å²) in [6.07, 6.45) is 1.14. The number of piperidine rings is 1. The second kappa shape index (κ2) is 14.9. The van der Waals surface area contributed by atoms with Gasteiger partial charge in [-0.15, -0.1) is 0 Å². The Labute approximate surface area is 301 Å². The minimum Gasteiger partial charge on any atom is -0.488 e. The normalized spacial score (nSPS) is 24.3. The first-order chi connectivity index (χ1) is 25.4. The molecule has 2 aromatic carbocycles. The number of aliphatic hydroxyl groups excluding tert-OH is 1. The van der Waals surface area contributed by atoms with Gasteiger partial charge in [0.2, 0.25) is 0 Å². The summed E-state index contributed by atoms with van der Waals surface area (Å²) < 4.78 is 49.9. The van der Waals surface area contributed by atoms with Crippen molar-refractivity contribution in [3.05, 3.63) is 75.3 Å². The van der Waals surface area contributed by atoms with Gasteiger partial charge in [-0.05, 0) is 75.4 Å². The minimum atomic E-state index is -3.59. The zero-order chi connectivity index (χ0) is 37.4. The highest BCUT2D eigenvalue weighted by Gasteiger charge is 2.53. The topological polar surface area (TPSA) is 240 Å². The Morgan fingerprint density at radius 3 is 2.72 bits per heavy atom. The molecule has 1 saturated carbocycles. The number of aliphatic hydroxyl groups is 1. The molecule has 2 aliphatic heterocycles. The maximum atomic E-state index is 15.0. The van der Waals surface area contributed by atoms with Crippen LogP contribution < -0.4 is 26.2 Å². The summed E-state index contributed by atoms with van der Waals surface area (Å²) >= 11 is 0. The van der Waals surface area contributed by atoms with Crippen LogP contribution in [0.25, 0.3) is 10.9 Å². The van der Waals surface area contributed by atoms with Crippen LogP contribution in [0, 0.1) is 27.3 Å². The first-order valence-electron chi connectivity index (χ1n) is 16.9. The summed E-state index contributed by atoms with van der Waals surface area (Å²) in [4.78, 5) is 47.9. The van der Waals surface area contributed by atoms with Gasteiger partial charge in [0, 0.05) is 30.1 Å². The molecule has 1 spiro atoms. The molecule has 20 heteroatoms. The lowest BCUT2D eigenvalue weighted by molar-refractivity contribution is -0.385. The van der Waals surface area contributed by atoms with Crippen LogP contribution in [0.3, 0.4) is 0 Å². The van der Waals surface area contributed by atoms with Crippen molar-refractivity contribution in [1.82, 2.24) is 24.4 Å². The van der Waals surface area contributed by atoms with Crippen LogP contribution in [0.2, 0.25) is 0 Å². The van der Waals surface area contributed by atoms with Crippen LogP contribution >= 0.6 is 8.25 Å². The van der Waals surface area contributed by atoms with E-state index in [2.05, 4.69) is 32.2 Å². The van der Waals surface area contributed by atoms with Gasteiger partial charge in [0.1, 0.15) is 42.9 Å². The fourth-order valence-electron chi connectivity index (χ4n) is 7.22. The van der Waals surface area contributed by atoms with Gasteiger partial charge in [0.15, 0.2) is 23.5 Å². The standard InChI is InChI=1S/C33H38FN8O10P/c1-40-9-6-33(7-10-40)15-18(33)5-11-49-25-14-22-20(13-23(25)42(45)46)30(37-17-36-22)38-19-2-3-21(34)24(12-19)50-16-26-29(52-53(47)48)28(43)31(51-26)41-8-4-27(35)39-32(41)44/h2-4,8,12-14,17-18,26,28-29,31,43,53H,5-7,9-11,15-16H2,1H3,(H,47,48)(H2,35,39,44)(H,36,37,38)/t18?,26-,28-,29-,31-/m1/s1. The summed E-state index contributed by atoms with van der Waals surface area (Å²) in [6.45, 7) is 2.03. The Hall–Kier alpha value is -4.78. The second-order valence-electron chi connectivity index (χ2n) is 13.5. The van der Waals surface area contributed by atoms with E-state index < -0.39 is 55.8 Å². The number of hydrogen-bond donors (Lipinski definition) is 4. The van der Waals surface area contributed by atoms with Gasteiger partial charge in [-0.3, -0.25) is 19.2 Å². The monoisotopic (exact) mass is 756 g/mol. The molecule has 3 aliphatic rings. The SMILES string of the molecule is CN1CCC2(CC1)CC2CCOc1cc2ncnc(Nc3ccc(F)c(OC[C@H]4O[C@@H](n5ccc(N)nc5=O)[C@H](O)[C@@H]4O[PH](=O)O)c3)c2cc1[N+](=O)[O-]. The predicted molar refractivity (Wildman–Crippen MR) is 188 cm³/mol. The number of nitro benzene ring substituents is 1. The van der Waals surface area contributed by atoms with E-state index in [0.717, 1.165) is 49.4 Å². The minimum absolute atomic E-state index is 0.0671. The number of anilines is 3. The number of hydrogen-bond acceptors (Lipinski definition) is 15. The van der Waals surface area contributed by atoms with Crippen LogP contribution in [-0.4, -0.2) is 91.0 Å². The third-order valence-electron chi connectivity index (χ3n) is 10.2. The summed E-state index contributed by atoms with van der Waals surface area (Å²) in [6, 6.07) is 7.94. The Bertz CT molecular complexity index is 2100. The molecule has 1 aliphatic carbocycles. The molecule has 2 unspecified atom stereocenters. The molecular formula is C33H38FN8O10P. The average molecular weight is 757 g/mol.